The average molecular weight is 688 g/mol. The fraction of sp³-hybridized carbons (Fsp3) is 0.324. The molecule has 0 spiro atoms. The molecule has 0 saturated carbocycles. The van der Waals surface area contributed by atoms with Crippen LogP contribution in [-0.4, -0.2) is 54.8 Å². The fourth-order valence-electron chi connectivity index (χ4n) is 5.14. The summed E-state index contributed by atoms with van der Waals surface area (Å²) < 4.78 is 11.0. The summed E-state index contributed by atoms with van der Waals surface area (Å²) in [7, 11) is 0. The van der Waals surface area contributed by atoms with E-state index in [0.29, 0.717) is 69.0 Å². The highest BCUT2D eigenvalue weighted by atomic mass is 35.5. The van der Waals surface area contributed by atoms with Crippen molar-refractivity contribution in [1.29, 1.82) is 10.5 Å². The van der Waals surface area contributed by atoms with Crippen molar-refractivity contribution in [2.45, 2.75) is 42.5 Å². The summed E-state index contributed by atoms with van der Waals surface area (Å²) in [4.78, 5) is 23.8. The zero-order valence-corrected chi connectivity index (χ0v) is 28.0. The summed E-state index contributed by atoms with van der Waals surface area (Å²) in [6, 6.07) is 18.7. The molecule has 4 aromatic rings. The van der Waals surface area contributed by atoms with E-state index < -0.39 is 12.0 Å². The highest BCUT2D eigenvalue weighted by Crippen LogP contribution is 2.40. The number of benzene rings is 2. The molecule has 0 bridgehead atoms. The maximum Gasteiger partial charge on any atom is 0.323 e. The Morgan fingerprint density at radius 1 is 1.02 bits per heavy atom. The second-order valence-corrected chi connectivity index (χ2v) is 13.1. The first kappa shape index (κ1) is 34.2. The van der Waals surface area contributed by atoms with Crippen molar-refractivity contribution in [3.63, 3.8) is 0 Å². The Hall–Kier alpha value is -4.17. The third-order valence-electron chi connectivity index (χ3n) is 7.54. The first-order valence-corrected chi connectivity index (χ1v) is 17.5. The van der Waals surface area contributed by atoms with E-state index in [1.165, 1.54) is 11.8 Å². The van der Waals surface area contributed by atoms with Crippen molar-refractivity contribution < 1.29 is 14.3 Å². The number of aromatic nitrogens is 2. The van der Waals surface area contributed by atoms with Crippen LogP contribution in [0.4, 0.5) is 5.82 Å². The number of nitrogens with two attached hydrogens (primary N) is 2. The van der Waals surface area contributed by atoms with Crippen molar-refractivity contribution in [2.24, 2.45) is 11.5 Å². The minimum absolute atomic E-state index is 0.0540. The zero-order valence-electron chi connectivity index (χ0n) is 25.7. The van der Waals surface area contributed by atoms with Crippen LogP contribution < -0.4 is 21.1 Å². The van der Waals surface area contributed by atoms with E-state index in [-0.39, 0.29) is 13.2 Å². The van der Waals surface area contributed by atoms with E-state index in [4.69, 9.17) is 42.5 Å². The number of hydrogen-bond acceptors (Lipinski definition) is 12. The monoisotopic (exact) mass is 687 g/mol. The first-order valence-electron chi connectivity index (χ1n) is 15.2. The number of anilines is 1. The number of pyridine rings is 1. The van der Waals surface area contributed by atoms with Gasteiger partial charge >= 0.3 is 5.97 Å². The molecule has 0 unspecified atom stereocenters. The molecule has 4 N–H and O–H groups in total. The van der Waals surface area contributed by atoms with Gasteiger partial charge in [-0.2, -0.15) is 10.5 Å². The second kappa shape index (κ2) is 16.6. The van der Waals surface area contributed by atoms with Gasteiger partial charge in [-0.05, 0) is 62.1 Å². The van der Waals surface area contributed by atoms with Gasteiger partial charge in [-0.3, -0.25) is 4.79 Å². The van der Waals surface area contributed by atoms with Crippen molar-refractivity contribution >= 4 is 46.5 Å². The van der Waals surface area contributed by atoms with Gasteiger partial charge in [-0.25, -0.2) is 9.97 Å². The predicted octanol–water partition coefficient (Wildman–Crippen LogP) is 6.15. The molecule has 13 heteroatoms. The minimum Gasteiger partial charge on any atom is -0.490 e. The number of esters is 1. The number of halogens is 1. The molecular formula is C34H34ClN7O3S2. The molecule has 5 rings (SSSR count). The molecule has 1 saturated heterocycles. The minimum atomic E-state index is -0.705. The number of carbonyl (C=O) groups excluding carboxylic acids is 1. The van der Waals surface area contributed by atoms with Gasteiger partial charge in [0.05, 0.1) is 11.3 Å². The number of hydrogen-bond donors (Lipinski definition) is 2. The maximum atomic E-state index is 12.0. The lowest BCUT2D eigenvalue weighted by atomic mass is 9.96. The lowest BCUT2D eigenvalue weighted by Crippen LogP contribution is -2.33. The zero-order chi connectivity index (χ0) is 33.2. The summed E-state index contributed by atoms with van der Waals surface area (Å²) in [5.74, 6) is 1.17. The third-order valence-corrected chi connectivity index (χ3v) is 9.74. The van der Waals surface area contributed by atoms with E-state index in [1.54, 1.807) is 23.5 Å². The van der Waals surface area contributed by atoms with E-state index in [9.17, 15) is 15.3 Å². The van der Waals surface area contributed by atoms with Crippen molar-refractivity contribution in [3.05, 3.63) is 75.8 Å². The van der Waals surface area contributed by atoms with Gasteiger partial charge in [0.1, 0.15) is 58.6 Å². The molecule has 3 heterocycles. The van der Waals surface area contributed by atoms with Gasteiger partial charge < -0.3 is 25.8 Å². The normalized spacial score (nSPS) is 13.2. The van der Waals surface area contributed by atoms with Crippen molar-refractivity contribution in [2.75, 3.05) is 37.7 Å². The molecule has 1 aliphatic rings. The molecule has 47 heavy (non-hydrogen) atoms. The summed E-state index contributed by atoms with van der Waals surface area (Å²) >= 11 is 9.03. The Kier molecular flexibility index (Phi) is 12.1. The van der Waals surface area contributed by atoms with Crippen LogP contribution >= 0.6 is 34.7 Å². The molecule has 1 fully saturated rings. The first-order chi connectivity index (χ1) is 22.9. The number of carbonyl (C=O) groups is 1. The SMILES string of the molecule is N#Cc1c(SCc2csc(-c3ccc(Cl)cc3)n2)nc(N2CCCC2)c(C#N)c1-c1ccc(OCCOC(=O)[C@@H](N)CCCN)cc1. The number of rotatable bonds is 14. The van der Waals surface area contributed by atoms with E-state index >= 15 is 0 Å². The summed E-state index contributed by atoms with van der Waals surface area (Å²) in [6.07, 6.45) is 3.14. The van der Waals surface area contributed by atoms with Crippen molar-refractivity contribution in [1.82, 2.24) is 9.97 Å². The van der Waals surface area contributed by atoms with Crippen LogP contribution in [0.15, 0.2) is 58.9 Å². The van der Waals surface area contributed by atoms with Gasteiger partial charge in [0.2, 0.25) is 0 Å². The Balaban J connectivity index is 1.35. The van der Waals surface area contributed by atoms with Gasteiger partial charge in [-0.1, -0.05) is 47.6 Å². The van der Waals surface area contributed by atoms with Crippen LogP contribution in [0.5, 0.6) is 5.75 Å². The van der Waals surface area contributed by atoms with Crippen LogP contribution in [0.3, 0.4) is 0 Å². The van der Waals surface area contributed by atoms with Crippen molar-refractivity contribution in [3.8, 4) is 39.6 Å². The summed E-state index contributed by atoms with van der Waals surface area (Å²) in [5.41, 5.74) is 15.1. The molecule has 0 radical (unpaired) electrons. The largest absolute Gasteiger partial charge is 0.490 e. The maximum absolute atomic E-state index is 12.0. The molecule has 2 aromatic carbocycles. The Morgan fingerprint density at radius 3 is 2.40 bits per heavy atom. The quantitative estimate of drug-likeness (QED) is 0.0887. The summed E-state index contributed by atoms with van der Waals surface area (Å²) in [6.45, 7) is 2.25. The Morgan fingerprint density at radius 2 is 1.72 bits per heavy atom. The molecule has 1 aliphatic heterocycles. The Labute approximate surface area is 287 Å². The smallest absolute Gasteiger partial charge is 0.323 e. The lowest BCUT2D eigenvalue weighted by Gasteiger charge is -2.22. The predicted molar refractivity (Wildman–Crippen MR) is 185 cm³/mol. The van der Waals surface area contributed by atoms with Gasteiger partial charge in [0, 0.05) is 40.4 Å². The highest BCUT2D eigenvalue weighted by Gasteiger charge is 2.26. The molecule has 0 aliphatic carbocycles. The molecular weight excluding hydrogens is 654 g/mol. The number of ether oxygens (including phenoxy) is 2. The van der Waals surface area contributed by atoms with E-state index in [1.807, 2.05) is 41.8 Å². The fourth-order valence-corrected chi connectivity index (χ4v) is 7.07. The average Bonchev–Trinajstić information content (AvgIpc) is 3.81. The lowest BCUT2D eigenvalue weighted by molar-refractivity contribution is -0.146. The standard InChI is InChI=1S/C34H34ClN7O3S2/c35-24-9-5-23(6-10-24)32-40-25(20-46-32)21-47-33-28(19-38)30(27(18-37)31(41-33)42-14-1-2-15-42)22-7-11-26(12-8-22)44-16-17-45-34(43)29(39)4-3-13-36/h5-12,20,29H,1-4,13-17,21,36,39H2/t29-/m0/s1. The van der Waals surface area contributed by atoms with Gasteiger partial charge in [0.15, 0.2) is 0 Å². The van der Waals surface area contributed by atoms with Crippen LogP contribution in [0.1, 0.15) is 42.5 Å². The van der Waals surface area contributed by atoms with E-state index in [0.717, 1.165) is 42.2 Å². The Bertz CT molecular complexity index is 1760. The van der Waals surface area contributed by atoms with Gasteiger partial charge in [-0.15, -0.1) is 11.3 Å². The summed E-state index contributed by atoms with van der Waals surface area (Å²) in [5, 5.41) is 24.9. The topological polar surface area (TPSA) is 164 Å². The van der Waals surface area contributed by atoms with Crippen LogP contribution in [0.2, 0.25) is 5.02 Å². The van der Waals surface area contributed by atoms with E-state index in [2.05, 4.69) is 17.0 Å². The number of nitriles is 2. The molecule has 242 valence electrons. The number of thiazole rings is 1. The van der Waals surface area contributed by atoms with Crippen LogP contribution in [0, 0.1) is 22.7 Å². The number of nitrogens with zero attached hydrogens (tertiary/aromatic N) is 5. The van der Waals surface area contributed by atoms with Gasteiger partial charge in [0.25, 0.3) is 0 Å². The third kappa shape index (κ3) is 8.60. The molecule has 2 aromatic heterocycles. The molecule has 10 nitrogen and oxygen atoms in total. The molecule has 1 atom stereocenters. The number of thioether (sulfide) groups is 1. The second-order valence-electron chi connectivity index (χ2n) is 10.8. The molecule has 0 amide bonds. The van der Waals surface area contributed by atoms with Crippen LogP contribution in [-0.2, 0) is 15.3 Å². The van der Waals surface area contributed by atoms with Crippen LogP contribution in [0.25, 0.3) is 21.7 Å². The highest BCUT2D eigenvalue weighted by molar-refractivity contribution is 7.98.